The lowest BCUT2D eigenvalue weighted by Gasteiger charge is -2.29. The van der Waals surface area contributed by atoms with Crippen LogP contribution in [-0.2, 0) is 0 Å². The summed E-state index contributed by atoms with van der Waals surface area (Å²) in [4.78, 5) is 4.72. The van der Waals surface area contributed by atoms with E-state index in [1.54, 1.807) is 0 Å². The second-order valence-corrected chi connectivity index (χ2v) is 18.4. The van der Waals surface area contributed by atoms with Gasteiger partial charge in [-0.3, -0.25) is 0 Å². The molecule has 0 spiro atoms. The predicted octanol–water partition coefficient (Wildman–Crippen LogP) is 19.2. The molecule has 0 N–H and O–H groups in total. The first kappa shape index (κ1) is 42.5. The fourth-order valence-electron chi connectivity index (χ4n) is 10.0. The molecule has 0 bridgehead atoms. The molecule has 0 atom stereocenters. The summed E-state index contributed by atoms with van der Waals surface area (Å²) < 4.78 is 13.2. The first-order valence-corrected chi connectivity index (χ1v) is 24.0. The molecule has 2 aromatic heterocycles. The maximum absolute atomic E-state index is 6.61. The monoisotopic (exact) mass is 902 g/mol. The molecule has 0 amide bonds. The second kappa shape index (κ2) is 17.7. The Bertz CT molecular complexity index is 3540. The van der Waals surface area contributed by atoms with Crippen molar-refractivity contribution in [2.24, 2.45) is 0 Å². The third-order valence-electron chi connectivity index (χ3n) is 13.7. The van der Waals surface area contributed by atoms with Crippen molar-refractivity contribution < 1.29 is 8.83 Å². The summed E-state index contributed by atoms with van der Waals surface area (Å²) in [5.74, 6) is 1.66. The van der Waals surface area contributed by atoms with Crippen LogP contribution in [0.25, 0.3) is 77.6 Å². The Morgan fingerprint density at radius 2 is 0.614 bits per heavy atom. The van der Waals surface area contributed by atoms with E-state index in [0.717, 1.165) is 89.5 Å². The Morgan fingerprint density at radius 1 is 0.257 bits per heavy atom. The maximum Gasteiger partial charge on any atom is 0.135 e. The van der Waals surface area contributed by atoms with Crippen molar-refractivity contribution in [1.82, 2.24) is 0 Å². The number of furan rings is 2. The van der Waals surface area contributed by atoms with Crippen molar-refractivity contribution in [3.05, 3.63) is 253 Å². The third-order valence-corrected chi connectivity index (χ3v) is 13.7. The number of rotatable bonds is 10. The van der Waals surface area contributed by atoms with E-state index in [4.69, 9.17) is 8.83 Å². The van der Waals surface area contributed by atoms with Crippen LogP contribution in [0.5, 0.6) is 0 Å². The number of nitrogens with zero attached hydrogens (tertiary/aromatic N) is 2. The van der Waals surface area contributed by atoms with Gasteiger partial charge in [-0.05, 0) is 204 Å². The highest BCUT2D eigenvalue weighted by Gasteiger charge is 2.20. The Morgan fingerprint density at radius 3 is 1.00 bits per heavy atom. The van der Waals surface area contributed by atoms with Crippen LogP contribution < -0.4 is 9.80 Å². The largest absolute Gasteiger partial charge is 0.456 e. The van der Waals surface area contributed by atoms with E-state index < -0.39 is 0 Å². The number of benzene rings is 10. The van der Waals surface area contributed by atoms with Gasteiger partial charge in [0.05, 0.1) is 0 Å². The smallest absolute Gasteiger partial charge is 0.135 e. The van der Waals surface area contributed by atoms with Gasteiger partial charge in [0, 0.05) is 56.0 Å². The van der Waals surface area contributed by atoms with Crippen molar-refractivity contribution in [2.45, 2.75) is 27.7 Å². The average molecular weight is 903 g/mol. The zero-order chi connectivity index (χ0) is 47.3. The summed E-state index contributed by atoms with van der Waals surface area (Å²) in [5, 5.41) is 4.30. The zero-order valence-corrected chi connectivity index (χ0v) is 39.7. The lowest BCUT2D eigenvalue weighted by atomic mass is 10.0. The van der Waals surface area contributed by atoms with Gasteiger partial charge in [0.1, 0.15) is 22.7 Å². The number of hydrogen-bond acceptors (Lipinski definition) is 4. The summed E-state index contributed by atoms with van der Waals surface area (Å²) in [6, 6.07) is 82.2. The zero-order valence-electron chi connectivity index (χ0n) is 39.7. The number of para-hydroxylation sites is 2. The molecule has 2 heterocycles. The van der Waals surface area contributed by atoms with Crippen LogP contribution >= 0.6 is 0 Å². The highest BCUT2D eigenvalue weighted by Crippen LogP contribution is 2.43. The first-order chi connectivity index (χ1) is 34.3. The summed E-state index contributed by atoms with van der Waals surface area (Å²) >= 11 is 0. The minimum absolute atomic E-state index is 0.831. The molecule has 336 valence electrons. The van der Waals surface area contributed by atoms with Crippen molar-refractivity contribution in [3.8, 4) is 44.9 Å². The van der Waals surface area contributed by atoms with E-state index in [0.29, 0.717) is 0 Å². The molecule has 0 fully saturated rings. The van der Waals surface area contributed by atoms with Gasteiger partial charge in [0.15, 0.2) is 0 Å². The minimum atomic E-state index is 0.831. The van der Waals surface area contributed by atoms with Crippen molar-refractivity contribution in [2.75, 3.05) is 9.80 Å². The molecule has 0 saturated carbocycles. The Hall–Kier alpha value is -8.86. The van der Waals surface area contributed by atoms with Crippen molar-refractivity contribution in [1.29, 1.82) is 0 Å². The van der Waals surface area contributed by atoms with E-state index in [-0.39, 0.29) is 0 Å². The Labute approximate surface area is 409 Å². The molecule has 0 aliphatic rings. The molecule has 12 rings (SSSR count). The van der Waals surface area contributed by atoms with E-state index in [9.17, 15) is 0 Å². The van der Waals surface area contributed by atoms with E-state index >= 15 is 0 Å². The van der Waals surface area contributed by atoms with Gasteiger partial charge in [-0.25, -0.2) is 0 Å². The predicted molar refractivity (Wildman–Crippen MR) is 294 cm³/mol. The standard InChI is InChI=1S/C66H50N2O2/c1-43-15-11-13-21-59(43)67(61-33-27-51(35-45(61)3)47-17-7-5-8-18-47)57-29-23-49(24-30-57)63-41-55-37-53-40-66-56(38-54(53)39-65(55)69-63)42-64(70-66)50-25-31-58(32-26-50)68(60-22-14-12-16-44(60)2)62-34-28-52(36-46(62)4)48-19-9-6-10-20-48/h5-42H,1-4H3. The molecule has 4 nitrogen and oxygen atoms in total. The van der Waals surface area contributed by atoms with Gasteiger partial charge in [-0.1, -0.05) is 109 Å². The van der Waals surface area contributed by atoms with E-state index in [2.05, 4.69) is 268 Å². The quantitative estimate of drug-likeness (QED) is 0.137. The van der Waals surface area contributed by atoms with Crippen LogP contribution in [0, 0.1) is 27.7 Å². The average Bonchev–Trinajstić information content (AvgIpc) is 4.01. The lowest BCUT2D eigenvalue weighted by Crippen LogP contribution is -2.12. The molecule has 0 aliphatic heterocycles. The molecular formula is C66H50N2O2. The number of fused-ring (bicyclic) bond motifs is 3. The molecule has 4 heteroatoms. The summed E-state index contributed by atoms with van der Waals surface area (Å²) in [6.45, 7) is 8.74. The number of hydrogen-bond donors (Lipinski definition) is 0. The Kier molecular flexibility index (Phi) is 10.7. The SMILES string of the molecule is Cc1ccccc1N(c1ccc(-c2cc3cc4cc5oc(-c6ccc(N(c7ccccc7C)c7ccc(-c8ccccc8)cc7C)cc6)cc5cc4cc3o2)cc1)c1ccc(-c2ccccc2)cc1C. The van der Waals surface area contributed by atoms with E-state index in [1.807, 2.05) is 0 Å². The normalized spacial score (nSPS) is 11.4. The molecule has 0 radical (unpaired) electrons. The molecule has 0 aliphatic carbocycles. The van der Waals surface area contributed by atoms with Gasteiger partial charge in [0.2, 0.25) is 0 Å². The fraction of sp³-hybridized carbons (Fsp3) is 0.0606. The molecular weight excluding hydrogens is 853 g/mol. The van der Waals surface area contributed by atoms with Crippen LogP contribution in [0.2, 0.25) is 0 Å². The molecule has 70 heavy (non-hydrogen) atoms. The highest BCUT2D eigenvalue weighted by atomic mass is 16.3. The second-order valence-electron chi connectivity index (χ2n) is 18.4. The number of aryl methyl sites for hydroxylation is 4. The van der Waals surface area contributed by atoms with Crippen LogP contribution in [0.4, 0.5) is 34.1 Å². The van der Waals surface area contributed by atoms with Gasteiger partial charge < -0.3 is 18.6 Å². The summed E-state index contributed by atoms with van der Waals surface area (Å²) in [7, 11) is 0. The molecule has 12 aromatic rings. The third kappa shape index (κ3) is 7.89. The number of anilines is 6. The molecule has 10 aromatic carbocycles. The van der Waals surface area contributed by atoms with Crippen LogP contribution in [0.15, 0.2) is 239 Å². The highest BCUT2D eigenvalue weighted by molar-refractivity contribution is 6.04. The first-order valence-electron chi connectivity index (χ1n) is 24.0. The van der Waals surface area contributed by atoms with Crippen molar-refractivity contribution >= 4 is 66.8 Å². The van der Waals surface area contributed by atoms with Gasteiger partial charge in [-0.2, -0.15) is 0 Å². The van der Waals surface area contributed by atoms with Crippen LogP contribution in [0.3, 0.4) is 0 Å². The van der Waals surface area contributed by atoms with E-state index in [1.165, 1.54) is 44.5 Å². The van der Waals surface area contributed by atoms with Gasteiger partial charge in [0.25, 0.3) is 0 Å². The maximum atomic E-state index is 6.61. The lowest BCUT2D eigenvalue weighted by molar-refractivity contribution is 0.631. The minimum Gasteiger partial charge on any atom is -0.456 e. The van der Waals surface area contributed by atoms with Crippen molar-refractivity contribution in [3.63, 3.8) is 0 Å². The molecule has 0 saturated heterocycles. The topological polar surface area (TPSA) is 32.8 Å². The summed E-state index contributed by atoms with van der Waals surface area (Å²) in [5.41, 5.74) is 20.1. The van der Waals surface area contributed by atoms with Gasteiger partial charge in [-0.15, -0.1) is 0 Å². The van der Waals surface area contributed by atoms with Gasteiger partial charge >= 0.3 is 0 Å². The fourth-order valence-corrected chi connectivity index (χ4v) is 10.0. The summed E-state index contributed by atoms with van der Waals surface area (Å²) in [6.07, 6.45) is 0. The Balaban J connectivity index is 0.826. The molecule has 0 unspecified atom stereocenters. The van der Waals surface area contributed by atoms with Crippen LogP contribution in [-0.4, -0.2) is 0 Å². The van der Waals surface area contributed by atoms with Crippen LogP contribution in [0.1, 0.15) is 22.3 Å².